The molecule has 1 aliphatic heterocycles. The van der Waals surface area contributed by atoms with E-state index in [0.29, 0.717) is 26.1 Å². The van der Waals surface area contributed by atoms with Gasteiger partial charge in [-0.25, -0.2) is 4.39 Å². The third kappa shape index (κ3) is 4.78. The highest BCUT2D eigenvalue weighted by Crippen LogP contribution is 2.20. The predicted molar refractivity (Wildman–Crippen MR) is 87.0 cm³/mol. The minimum absolute atomic E-state index is 0.0578. The minimum atomic E-state index is -0.275. The lowest BCUT2D eigenvalue weighted by Gasteiger charge is -2.18. The largest absolute Gasteiger partial charge is 0.356 e. The van der Waals surface area contributed by atoms with E-state index in [9.17, 15) is 14.0 Å². The van der Waals surface area contributed by atoms with Crippen molar-refractivity contribution in [3.8, 4) is 0 Å². The molecule has 1 heterocycles. The van der Waals surface area contributed by atoms with Crippen LogP contribution in [0.15, 0.2) is 24.3 Å². The summed E-state index contributed by atoms with van der Waals surface area (Å²) in [5.41, 5.74) is 0.918. The monoisotopic (exact) mass is 320 g/mol. The number of halogens is 1. The second kappa shape index (κ2) is 8.09. The fraction of sp³-hybridized carbons (Fsp3) is 0.556. The van der Waals surface area contributed by atoms with E-state index in [4.69, 9.17) is 0 Å². The standard InChI is InChI=1S/C18H25FN2O2/c1-3-15(4-2)18(23)20-10-14-9-17(22)21(12-14)11-13-5-7-16(19)8-6-13/h5-8,14-15H,3-4,9-12H2,1-2H3,(H,20,23). The first-order valence-corrected chi connectivity index (χ1v) is 8.33. The van der Waals surface area contributed by atoms with E-state index >= 15 is 0 Å². The molecule has 1 saturated heterocycles. The molecule has 0 radical (unpaired) electrons. The number of amides is 2. The lowest BCUT2D eigenvalue weighted by molar-refractivity contribution is -0.128. The van der Waals surface area contributed by atoms with Gasteiger partial charge in [-0.1, -0.05) is 26.0 Å². The summed E-state index contributed by atoms with van der Waals surface area (Å²) in [6.07, 6.45) is 2.13. The first-order chi connectivity index (χ1) is 11.0. The molecule has 5 heteroatoms. The van der Waals surface area contributed by atoms with Crippen molar-refractivity contribution < 1.29 is 14.0 Å². The van der Waals surface area contributed by atoms with Crippen LogP contribution in [0, 0.1) is 17.7 Å². The number of benzene rings is 1. The molecule has 23 heavy (non-hydrogen) atoms. The number of nitrogens with one attached hydrogen (secondary N) is 1. The van der Waals surface area contributed by atoms with Gasteiger partial charge in [-0.3, -0.25) is 9.59 Å². The van der Waals surface area contributed by atoms with Crippen LogP contribution in [-0.4, -0.2) is 29.8 Å². The highest BCUT2D eigenvalue weighted by atomic mass is 19.1. The third-order valence-corrected chi connectivity index (χ3v) is 4.50. The Morgan fingerprint density at radius 3 is 2.57 bits per heavy atom. The lowest BCUT2D eigenvalue weighted by atomic mass is 10.0. The van der Waals surface area contributed by atoms with E-state index in [0.717, 1.165) is 18.4 Å². The predicted octanol–water partition coefficient (Wildman–Crippen LogP) is 2.73. The number of carbonyl (C=O) groups excluding carboxylic acids is 2. The van der Waals surface area contributed by atoms with Gasteiger partial charge in [0.25, 0.3) is 0 Å². The fourth-order valence-electron chi connectivity index (χ4n) is 3.00. The van der Waals surface area contributed by atoms with Crippen molar-refractivity contribution >= 4 is 11.8 Å². The molecule has 1 aromatic carbocycles. The van der Waals surface area contributed by atoms with E-state index in [-0.39, 0.29) is 29.5 Å². The third-order valence-electron chi connectivity index (χ3n) is 4.50. The van der Waals surface area contributed by atoms with Crippen molar-refractivity contribution in [3.63, 3.8) is 0 Å². The normalized spacial score (nSPS) is 17.8. The average molecular weight is 320 g/mol. The Bertz CT molecular complexity index is 540. The highest BCUT2D eigenvalue weighted by Gasteiger charge is 2.30. The molecule has 0 bridgehead atoms. The van der Waals surface area contributed by atoms with E-state index in [1.165, 1.54) is 12.1 Å². The van der Waals surface area contributed by atoms with Gasteiger partial charge in [0, 0.05) is 37.9 Å². The Morgan fingerprint density at radius 1 is 1.30 bits per heavy atom. The zero-order chi connectivity index (χ0) is 16.8. The van der Waals surface area contributed by atoms with Crippen LogP contribution in [0.25, 0.3) is 0 Å². The molecule has 2 amide bonds. The van der Waals surface area contributed by atoms with Gasteiger partial charge in [0.05, 0.1) is 0 Å². The first kappa shape index (κ1) is 17.4. The number of nitrogens with zero attached hydrogens (tertiary/aromatic N) is 1. The summed E-state index contributed by atoms with van der Waals surface area (Å²) in [6.45, 7) is 5.70. The Balaban J connectivity index is 1.82. The Hall–Kier alpha value is -1.91. The number of hydrogen-bond acceptors (Lipinski definition) is 2. The van der Waals surface area contributed by atoms with Crippen molar-refractivity contribution in [2.24, 2.45) is 11.8 Å². The quantitative estimate of drug-likeness (QED) is 0.840. The zero-order valence-corrected chi connectivity index (χ0v) is 13.8. The molecule has 1 aromatic rings. The maximum Gasteiger partial charge on any atom is 0.223 e. The van der Waals surface area contributed by atoms with E-state index in [1.54, 1.807) is 17.0 Å². The van der Waals surface area contributed by atoms with Crippen molar-refractivity contribution in [1.29, 1.82) is 0 Å². The summed E-state index contributed by atoms with van der Waals surface area (Å²) in [7, 11) is 0. The summed E-state index contributed by atoms with van der Waals surface area (Å²) < 4.78 is 12.9. The second-order valence-corrected chi connectivity index (χ2v) is 6.23. The van der Waals surface area contributed by atoms with Gasteiger partial charge in [0.1, 0.15) is 5.82 Å². The Kier molecular flexibility index (Phi) is 6.13. The van der Waals surface area contributed by atoms with Crippen molar-refractivity contribution in [3.05, 3.63) is 35.6 Å². The van der Waals surface area contributed by atoms with Crippen molar-refractivity contribution in [1.82, 2.24) is 10.2 Å². The highest BCUT2D eigenvalue weighted by molar-refractivity contribution is 5.80. The van der Waals surface area contributed by atoms with Crippen LogP contribution in [0.5, 0.6) is 0 Å². The molecule has 1 fully saturated rings. The fourth-order valence-corrected chi connectivity index (χ4v) is 3.00. The summed E-state index contributed by atoms with van der Waals surface area (Å²) in [4.78, 5) is 25.9. The SMILES string of the molecule is CCC(CC)C(=O)NCC1CC(=O)N(Cc2ccc(F)cc2)C1. The van der Waals surface area contributed by atoms with Gasteiger partial charge in [0.15, 0.2) is 0 Å². The van der Waals surface area contributed by atoms with Gasteiger partial charge < -0.3 is 10.2 Å². The molecule has 0 aromatic heterocycles. The summed E-state index contributed by atoms with van der Waals surface area (Å²) >= 11 is 0. The van der Waals surface area contributed by atoms with Gasteiger partial charge in [-0.15, -0.1) is 0 Å². The Labute approximate surface area is 137 Å². The average Bonchev–Trinajstić information content (AvgIpc) is 2.89. The van der Waals surface area contributed by atoms with E-state index in [1.807, 2.05) is 13.8 Å². The molecule has 126 valence electrons. The lowest BCUT2D eigenvalue weighted by Crippen LogP contribution is -2.35. The summed E-state index contributed by atoms with van der Waals surface area (Å²) in [5, 5.41) is 2.97. The first-order valence-electron chi connectivity index (χ1n) is 8.33. The van der Waals surface area contributed by atoms with Crippen LogP contribution in [0.2, 0.25) is 0 Å². The molecule has 0 aliphatic carbocycles. The molecule has 1 aliphatic rings. The van der Waals surface area contributed by atoms with E-state index < -0.39 is 0 Å². The smallest absolute Gasteiger partial charge is 0.223 e. The summed E-state index contributed by atoms with van der Waals surface area (Å²) in [6, 6.07) is 6.21. The maximum atomic E-state index is 12.9. The summed E-state index contributed by atoms with van der Waals surface area (Å²) in [5.74, 6) is 0.114. The molecular formula is C18H25FN2O2. The minimum Gasteiger partial charge on any atom is -0.356 e. The molecule has 2 rings (SSSR count). The maximum absolute atomic E-state index is 12.9. The van der Waals surface area contributed by atoms with Crippen LogP contribution < -0.4 is 5.32 Å². The Morgan fingerprint density at radius 2 is 1.96 bits per heavy atom. The van der Waals surface area contributed by atoms with Gasteiger partial charge in [-0.2, -0.15) is 0 Å². The topological polar surface area (TPSA) is 49.4 Å². The van der Waals surface area contributed by atoms with Crippen LogP contribution in [0.3, 0.4) is 0 Å². The van der Waals surface area contributed by atoms with Crippen LogP contribution in [-0.2, 0) is 16.1 Å². The van der Waals surface area contributed by atoms with Gasteiger partial charge in [-0.05, 0) is 30.5 Å². The zero-order valence-electron chi connectivity index (χ0n) is 13.8. The molecule has 0 saturated carbocycles. The molecule has 4 nitrogen and oxygen atoms in total. The van der Waals surface area contributed by atoms with Gasteiger partial charge in [0.2, 0.25) is 11.8 Å². The van der Waals surface area contributed by atoms with Crippen molar-refractivity contribution in [2.75, 3.05) is 13.1 Å². The second-order valence-electron chi connectivity index (χ2n) is 6.23. The van der Waals surface area contributed by atoms with Gasteiger partial charge >= 0.3 is 0 Å². The molecule has 0 spiro atoms. The molecule has 1 unspecified atom stereocenters. The van der Waals surface area contributed by atoms with E-state index in [2.05, 4.69) is 5.32 Å². The molecule has 1 N–H and O–H groups in total. The number of carbonyl (C=O) groups is 2. The van der Waals surface area contributed by atoms with Crippen LogP contribution in [0.1, 0.15) is 38.7 Å². The molecular weight excluding hydrogens is 295 g/mol. The molecule has 1 atom stereocenters. The van der Waals surface area contributed by atoms with Crippen LogP contribution >= 0.6 is 0 Å². The number of hydrogen-bond donors (Lipinski definition) is 1. The number of rotatable bonds is 7. The van der Waals surface area contributed by atoms with Crippen molar-refractivity contribution in [2.45, 2.75) is 39.7 Å². The van der Waals surface area contributed by atoms with Crippen LogP contribution in [0.4, 0.5) is 4.39 Å². The number of likely N-dealkylation sites (tertiary alicyclic amines) is 1.